The molecule has 0 spiro atoms. The van der Waals surface area contributed by atoms with Gasteiger partial charge in [0.2, 0.25) is 10.0 Å². The second-order valence-corrected chi connectivity index (χ2v) is 7.10. The first-order chi connectivity index (χ1) is 9.55. The second-order valence-electron chi connectivity index (χ2n) is 4.11. The van der Waals surface area contributed by atoms with E-state index in [1.165, 1.54) is 34.8 Å². The van der Waals surface area contributed by atoms with Crippen LogP contribution in [0.3, 0.4) is 0 Å². The maximum atomic E-state index is 12.4. The molecule has 20 heavy (non-hydrogen) atoms. The van der Waals surface area contributed by atoms with E-state index in [-0.39, 0.29) is 10.5 Å². The van der Waals surface area contributed by atoms with Crippen molar-refractivity contribution in [3.63, 3.8) is 0 Å². The Kier molecular flexibility index (Phi) is 4.49. The lowest BCUT2D eigenvalue weighted by Gasteiger charge is -2.17. The Labute approximate surface area is 122 Å². The van der Waals surface area contributed by atoms with Gasteiger partial charge in [-0.2, -0.15) is 5.26 Å². The molecule has 0 aliphatic rings. The molecule has 1 heterocycles. The average Bonchev–Trinajstić information content (AvgIpc) is 2.97. The highest BCUT2D eigenvalue weighted by Crippen LogP contribution is 2.19. The number of aromatic nitrogens is 1. The first kappa shape index (κ1) is 14.7. The molecule has 2 rings (SSSR count). The molecule has 7 heteroatoms. The number of likely N-dealkylation sites (N-methyl/N-ethyl adjacent to an activating group) is 1. The van der Waals surface area contributed by atoms with Crippen molar-refractivity contribution in [2.75, 3.05) is 13.6 Å². The minimum Gasteiger partial charge on any atom is -0.250 e. The molecule has 0 atom stereocenters. The number of benzene rings is 1. The zero-order valence-corrected chi connectivity index (χ0v) is 12.5. The van der Waals surface area contributed by atoms with Crippen LogP contribution in [0.25, 0.3) is 0 Å². The number of nitriles is 1. The van der Waals surface area contributed by atoms with Crippen LogP contribution in [0.1, 0.15) is 10.6 Å². The lowest BCUT2D eigenvalue weighted by atomic mass is 10.2. The smallest absolute Gasteiger partial charge is 0.244 e. The van der Waals surface area contributed by atoms with Gasteiger partial charge in [0.15, 0.2) is 0 Å². The van der Waals surface area contributed by atoms with Crippen LogP contribution in [-0.4, -0.2) is 31.3 Å². The molecule has 0 aliphatic carbocycles. The number of sulfonamides is 1. The van der Waals surface area contributed by atoms with E-state index in [1.807, 2.05) is 11.4 Å². The molecule has 0 fully saturated rings. The zero-order valence-electron chi connectivity index (χ0n) is 10.9. The Bertz CT molecular complexity index is 718. The van der Waals surface area contributed by atoms with E-state index in [9.17, 15) is 8.42 Å². The molecular weight excluding hydrogens is 294 g/mol. The van der Waals surface area contributed by atoms with Gasteiger partial charge >= 0.3 is 0 Å². The topological polar surface area (TPSA) is 74.1 Å². The summed E-state index contributed by atoms with van der Waals surface area (Å²) in [5.74, 6) is 0. The normalized spacial score (nSPS) is 11.4. The Morgan fingerprint density at radius 1 is 1.40 bits per heavy atom. The first-order valence-corrected chi connectivity index (χ1v) is 8.21. The van der Waals surface area contributed by atoms with Crippen molar-refractivity contribution in [2.45, 2.75) is 11.3 Å². The van der Waals surface area contributed by atoms with E-state index >= 15 is 0 Å². The van der Waals surface area contributed by atoms with Crippen molar-refractivity contribution in [1.82, 2.24) is 9.29 Å². The summed E-state index contributed by atoms with van der Waals surface area (Å²) in [7, 11) is -2.14. The number of thiazole rings is 1. The van der Waals surface area contributed by atoms with Crippen molar-refractivity contribution < 1.29 is 8.42 Å². The average molecular weight is 307 g/mol. The van der Waals surface area contributed by atoms with Gasteiger partial charge < -0.3 is 0 Å². The van der Waals surface area contributed by atoms with Crippen molar-refractivity contribution in [3.05, 3.63) is 46.4 Å². The summed E-state index contributed by atoms with van der Waals surface area (Å²) in [5, 5.41) is 11.7. The molecule has 0 N–H and O–H groups in total. The molecule has 0 bridgehead atoms. The third-order valence-corrected chi connectivity index (χ3v) is 5.57. The van der Waals surface area contributed by atoms with E-state index in [0.29, 0.717) is 13.0 Å². The van der Waals surface area contributed by atoms with Crippen LogP contribution in [0.15, 0.2) is 40.7 Å². The fourth-order valence-corrected chi connectivity index (χ4v) is 3.62. The van der Waals surface area contributed by atoms with Gasteiger partial charge in [-0.1, -0.05) is 12.1 Å². The second kappa shape index (κ2) is 6.13. The highest BCUT2D eigenvalue weighted by atomic mass is 32.2. The third kappa shape index (κ3) is 3.04. The zero-order chi connectivity index (χ0) is 14.6. The van der Waals surface area contributed by atoms with Gasteiger partial charge in [-0.3, -0.25) is 0 Å². The summed E-state index contributed by atoms with van der Waals surface area (Å²) in [6, 6.07) is 8.12. The molecule has 0 unspecified atom stereocenters. The van der Waals surface area contributed by atoms with E-state index in [0.717, 1.165) is 5.01 Å². The SMILES string of the molecule is CN(CCc1nccs1)S(=O)(=O)c1ccccc1C#N. The fraction of sp³-hybridized carbons (Fsp3) is 0.231. The monoisotopic (exact) mass is 307 g/mol. The maximum absolute atomic E-state index is 12.4. The molecule has 0 saturated carbocycles. The van der Waals surface area contributed by atoms with E-state index in [2.05, 4.69) is 4.98 Å². The number of hydrogen-bond donors (Lipinski definition) is 0. The Morgan fingerprint density at radius 3 is 2.80 bits per heavy atom. The molecule has 5 nitrogen and oxygen atoms in total. The summed E-state index contributed by atoms with van der Waals surface area (Å²) in [5.41, 5.74) is 0.161. The molecule has 1 aromatic carbocycles. The van der Waals surface area contributed by atoms with Crippen molar-refractivity contribution >= 4 is 21.4 Å². The number of hydrogen-bond acceptors (Lipinski definition) is 5. The van der Waals surface area contributed by atoms with E-state index < -0.39 is 10.0 Å². The standard InChI is InChI=1S/C13H13N3O2S2/c1-16(8-6-13-15-7-9-19-13)20(17,18)12-5-3-2-4-11(12)10-14/h2-5,7,9H,6,8H2,1H3. The highest BCUT2D eigenvalue weighted by molar-refractivity contribution is 7.89. The first-order valence-electron chi connectivity index (χ1n) is 5.89. The van der Waals surface area contributed by atoms with Crippen LogP contribution in [0.4, 0.5) is 0 Å². The predicted molar refractivity (Wildman–Crippen MR) is 76.8 cm³/mol. The molecular formula is C13H13N3O2S2. The molecule has 104 valence electrons. The van der Waals surface area contributed by atoms with Gasteiger partial charge in [-0.25, -0.2) is 17.7 Å². The van der Waals surface area contributed by atoms with Gasteiger partial charge in [0.1, 0.15) is 6.07 Å². The Balaban J connectivity index is 2.19. The molecule has 0 amide bonds. The predicted octanol–water partition coefficient (Wildman–Crippen LogP) is 1.88. The van der Waals surface area contributed by atoms with Gasteiger partial charge in [-0.05, 0) is 12.1 Å². The molecule has 0 saturated heterocycles. The van der Waals surface area contributed by atoms with Gasteiger partial charge in [0, 0.05) is 31.6 Å². The number of nitrogens with zero attached hydrogens (tertiary/aromatic N) is 3. The summed E-state index contributed by atoms with van der Waals surface area (Å²) in [4.78, 5) is 4.17. The quantitative estimate of drug-likeness (QED) is 0.845. The molecule has 2 aromatic rings. The van der Waals surface area contributed by atoms with Gasteiger partial charge in [-0.15, -0.1) is 11.3 Å². The van der Waals surface area contributed by atoms with Gasteiger partial charge in [0.05, 0.1) is 15.5 Å². The fourth-order valence-electron chi connectivity index (χ4n) is 1.70. The van der Waals surface area contributed by atoms with Crippen LogP contribution < -0.4 is 0 Å². The Morgan fingerprint density at radius 2 is 2.15 bits per heavy atom. The van der Waals surface area contributed by atoms with Crippen molar-refractivity contribution in [1.29, 1.82) is 5.26 Å². The largest absolute Gasteiger partial charge is 0.250 e. The summed E-state index contributed by atoms with van der Waals surface area (Å²) >= 11 is 1.49. The number of rotatable bonds is 5. The minimum absolute atomic E-state index is 0.0455. The van der Waals surface area contributed by atoms with Gasteiger partial charge in [0.25, 0.3) is 0 Å². The maximum Gasteiger partial charge on any atom is 0.244 e. The summed E-state index contributed by atoms with van der Waals surface area (Å²) < 4.78 is 26.1. The molecule has 1 aromatic heterocycles. The summed E-state index contributed by atoms with van der Waals surface area (Å²) in [6.45, 7) is 0.329. The van der Waals surface area contributed by atoms with Crippen LogP contribution in [-0.2, 0) is 16.4 Å². The third-order valence-electron chi connectivity index (χ3n) is 2.82. The van der Waals surface area contributed by atoms with E-state index in [4.69, 9.17) is 5.26 Å². The molecule has 0 aliphatic heterocycles. The van der Waals surface area contributed by atoms with Crippen LogP contribution in [0.2, 0.25) is 0 Å². The Hall–Kier alpha value is -1.75. The van der Waals surface area contributed by atoms with E-state index in [1.54, 1.807) is 18.3 Å². The van der Waals surface area contributed by atoms with Crippen LogP contribution in [0.5, 0.6) is 0 Å². The lowest BCUT2D eigenvalue weighted by Crippen LogP contribution is -2.29. The lowest BCUT2D eigenvalue weighted by molar-refractivity contribution is 0.472. The van der Waals surface area contributed by atoms with Crippen molar-refractivity contribution in [3.8, 4) is 6.07 Å². The molecule has 0 radical (unpaired) electrons. The van der Waals surface area contributed by atoms with Crippen LogP contribution >= 0.6 is 11.3 Å². The minimum atomic E-state index is -3.65. The van der Waals surface area contributed by atoms with Crippen LogP contribution in [0, 0.1) is 11.3 Å². The summed E-state index contributed by atoms with van der Waals surface area (Å²) in [6.07, 6.45) is 2.25. The highest BCUT2D eigenvalue weighted by Gasteiger charge is 2.23. The van der Waals surface area contributed by atoms with Crippen molar-refractivity contribution in [2.24, 2.45) is 0 Å².